The molecule has 1 fully saturated rings. The van der Waals surface area contributed by atoms with E-state index < -0.39 is 5.91 Å². The van der Waals surface area contributed by atoms with Crippen molar-refractivity contribution >= 4 is 35.1 Å². The highest BCUT2D eigenvalue weighted by Crippen LogP contribution is 2.22. The highest BCUT2D eigenvalue weighted by Gasteiger charge is 2.23. The van der Waals surface area contributed by atoms with E-state index in [1.54, 1.807) is 35.8 Å². The number of rotatable bonds is 6. The van der Waals surface area contributed by atoms with Gasteiger partial charge in [0.25, 0.3) is 11.5 Å². The summed E-state index contributed by atoms with van der Waals surface area (Å²) in [5.74, 6) is -0.0947. The number of aryl methyl sites for hydroxylation is 2. The van der Waals surface area contributed by atoms with Crippen LogP contribution in [0.4, 0.5) is 5.69 Å². The van der Waals surface area contributed by atoms with Crippen molar-refractivity contribution in [2.24, 2.45) is 0 Å². The number of nitrogens with zero attached hydrogens (tertiary/aromatic N) is 4. The van der Waals surface area contributed by atoms with E-state index in [-0.39, 0.29) is 34.6 Å². The number of nitrogens with one attached hydrogen (secondary N) is 1. The highest BCUT2D eigenvalue weighted by molar-refractivity contribution is 6.12. The van der Waals surface area contributed by atoms with Crippen molar-refractivity contribution < 1.29 is 9.21 Å². The van der Waals surface area contributed by atoms with Crippen molar-refractivity contribution in [2.45, 2.75) is 39.2 Å². The van der Waals surface area contributed by atoms with E-state index in [2.05, 4.69) is 15.2 Å². The molecule has 0 saturated carbocycles. The number of anilines is 1. The van der Waals surface area contributed by atoms with Crippen molar-refractivity contribution in [3.05, 3.63) is 57.8 Å². The van der Waals surface area contributed by atoms with Crippen LogP contribution in [0.2, 0.25) is 0 Å². The number of aromatic nitrogens is 2. The summed E-state index contributed by atoms with van der Waals surface area (Å²) >= 11 is 0. The molecule has 3 aromatic rings. The van der Waals surface area contributed by atoms with Gasteiger partial charge in [-0.1, -0.05) is 6.42 Å². The van der Waals surface area contributed by atoms with Gasteiger partial charge in [-0.3, -0.25) is 14.2 Å². The second kappa shape index (κ2) is 10.4. The van der Waals surface area contributed by atoms with Crippen molar-refractivity contribution in [2.75, 3.05) is 25.0 Å². The number of piperidine rings is 1. The molecule has 1 aliphatic heterocycles. The van der Waals surface area contributed by atoms with Gasteiger partial charge in [-0.05, 0) is 70.1 Å². The van der Waals surface area contributed by atoms with Gasteiger partial charge in [0.15, 0.2) is 0 Å². The van der Waals surface area contributed by atoms with Crippen LogP contribution in [-0.4, -0.2) is 40.0 Å². The number of fused-ring (bicyclic) bond motifs is 1. The van der Waals surface area contributed by atoms with Gasteiger partial charge in [0.1, 0.15) is 17.5 Å². The van der Waals surface area contributed by atoms with Gasteiger partial charge in [-0.15, -0.1) is 12.4 Å². The minimum Gasteiger partial charge on any atom is -0.442 e. The predicted molar refractivity (Wildman–Crippen MR) is 124 cm³/mol. The first-order valence-electron chi connectivity index (χ1n) is 10.6. The molecule has 0 aliphatic carbocycles. The van der Waals surface area contributed by atoms with Gasteiger partial charge in [0.05, 0.1) is 17.2 Å². The van der Waals surface area contributed by atoms with Gasteiger partial charge in [0.2, 0.25) is 5.71 Å². The number of nitriles is 1. The number of furan rings is 1. The lowest BCUT2D eigenvalue weighted by atomic mass is 10.1. The van der Waals surface area contributed by atoms with Crippen LogP contribution in [0.5, 0.6) is 0 Å². The molecule has 2 aromatic heterocycles. The number of likely N-dealkylation sites (tertiary alicyclic amines) is 1. The molecule has 0 unspecified atom stereocenters. The molecule has 0 spiro atoms. The minimum atomic E-state index is -0.439. The maximum absolute atomic E-state index is 13.1. The van der Waals surface area contributed by atoms with Crippen molar-refractivity contribution in [3.63, 3.8) is 0 Å². The molecule has 9 heteroatoms. The van der Waals surface area contributed by atoms with Crippen LogP contribution in [0.3, 0.4) is 0 Å². The molecule has 1 aromatic carbocycles. The van der Waals surface area contributed by atoms with Crippen molar-refractivity contribution in [1.82, 2.24) is 14.5 Å². The van der Waals surface area contributed by atoms with Crippen LogP contribution >= 0.6 is 12.4 Å². The maximum Gasteiger partial charge on any atom is 0.265 e. The number of benzene rings is 1. The van der Waals surface area contributed by atoms with Crippen LogP contribution in [0.25, 0.3) is 11.1 Å². The molecule has 168 valence electrons. The lowest BCUT2D eigenvalue weighted by molar-refractivity contribution is 0.102. The molecule has 0 atom stereocenters. The summed E-state index contributed by atoms with van der Waals surface area (Å²) in [6.45, 7) is 5.37. The third-order valence-corrected chi connectivity index (χ3v) is 5.68. The molecule has 0 bridgehead atoms. The lowest BCUT2D eigenvalue weighted by Crippen LogP contribution is -2.32. The standard InChI is InChI=1S/C23H25N5O3.ClH/c1-16-19(21(29)26-18-8-6-17(14-24)7-9-18)20-22(31-16)25-15-28(23(20)30)13-5-12-27-10-3-2-4-11-27;/h6-9,15H,2-5,10-13H2,1H3,(H,26,29);1H. The summed E-state index contributed by atoms with van der Waals surface area (Å²) in [6.07, 6.45) is 6.10. The number of halogens is 1. The molecule has 3 heterocycles. The van der Waals surface area contributed by atoms with Crippen molar-refractivity contribution in [3.8, 4) is 6.07 Å². The molecular formula is C23H26ClN5O3. The smallest absolute Gasteiger partial charge is 0.265 e. The number of amides is 1. The largest absolute Gasteiger partial charge is 0.442 e. The van der Waals surface area contributed by atoms with E-state index >= 15 is 0 Å². The summed E-state index contributed by atoms with van der Waals surface area (Å²) in [5, 5.41) is 11.9. The van der Waals surface area contributed by atoms with E-state index in [1.165, 1.54) is 25.6 Å². The minimum absolute atomic E-state index is 0. The van der Waals surface area contributed by atoms with E-state index in [9.17, 15) is 9.59 Å². The number of hydrogen-bond donors (Lipinski definition) is 1. The third kappa shape index (κ3) is 5.01. The van der Waals surface area contributed by atoms with E-state index in [0.717, 1.165) is 26.1 Å². The average Bonchev–Trinajstić information content (AvgIpc) is 3.13. The molecule has 1 N–H and O–H groups in total. The molecular weight excluding hydrogens is 430 g/mol. The normalized spacial score (nSPS) is 14.0. The van der Waals surface area contributed by atoms with E-state index in [1.807, 2.05) is 6.07 Å². The zero-order chi connectivity index (χ0) is 21.8. The van der Waals surface area contributed by atoms with Gasteiger partial charge in [0, 0.05) is 12.2 Å². The Morgan fingerprint density at radius 1 is 1.19 bits per heavy atom. The van der Waals surface area contributed by atoms with Crippen molar-refractivity contribution in [1.29, 1.82) is 5.26 Å². The summed E-state index contributed by atoms with van der Waals surface area (Å²) in [4.78, 5) is 32.7. The Kier molecular flexibility index (Phi) is 7.67. The van der Waals surface area contributed by atoms with Crippen LogP contribution in [-0.2, 0) is 6.54 Å². The second-order valence-electron chi connectivity index (χ2n) is 7.86. The summed E-state index contributed by atoms with van der Waals surface area (Å²) in [7, 11) is 0. The molecule has 8 nitrogen and oxygen atoms in total. The molecule has 4 rings (SSSR count). The lowest BCUT2D eigenvalue weighted by Gasteiger charge is -2.26. The monoisotopic (exact) mass is 455 g/mol. The molecule has 32 heavy (non-hydrogen) atoms. The first-order chi connectivity index (χ1) is 15.1. The Morgan fingerprint density at radius 2 is 1.91 bits per heavy atom. The zero-order valence-electron chi connectivity index (χ0n) is 18.0. The molecule has 1 aliphatic rings. The average molecular weight is 456 g/mol. The molecule has 1 saturated heterocycles. The van der Waals surface area contributed by atoms with Gasteiger partial charge >= 0.3 is 0 Å². The van der Waals surface area contributed by atoms with Crippen LogP contribution < -0.4 is 10.9 Å². The predicted octanol–water partition coefficient (Wildman–Crippen LogP) is 3.72. The maximum atomic E-state index is 13.1. The van der Waals surface area contributed by atoms with Crippen LogP contribution in [0.15, 0.2) is 39.8 Å². The van der Waals surface area contributed by atoms with E-state index in [4.69, 9.17) is 9.68 Å². The van der Waals surface area contributed by atoms with Crippen LogP contribution in [0, 0.1) is 18.3 Å². The fourth-order valence-electron chi connectivity index (χ4n) is 4.04. The first kappa shape index (κ1) is 23.5. The fraction of sp³-hybridized carbons (Fsp3) is 0.391. The Bertz CT molecular complexity index is 1190. The molecule has 0 radical (unpaired) electrons. The topological polar surface area (TPSA) is 104 Å². The SMILES string of the molecule is Cc1oc2ncn(CCCN3CCCCC3)c(=O)c2c1C(=O)Nc1ccc(C#N)cc1.Cl. The highest BCUT2D eigenvalue weighted by atomic mass is 35.5. The molecule has 1 amide bonds. The van der Waals surface area contributed by atoms with Gasteiger partial charge < -0.3 is 14.6 Å². The summed E-state index contributed by atoms with van der Waals surface area (Å²) in [6, 6.07) is 8.56. The second-order valence-corrected chi connectivity index (χ2v) is 7.86. The Labute approximate surface area is 192 Å². The first-order valence-corrected chi connectivity index (χ1v) is 10.6. The number of carbonyl (C=O) groups excluding carboxylic acids is 1. The quantitative estimate of drug-likeness (QED) is 0.607. The fourth-order valence-corrected chi connectivity index (χ4v) is 4.04. The van der Waals surface area contributed by atoms with Crippen LogP contribution in [0.1, 0.15) is 47.4 Å². The Hall–Kier alpha value is -3.15. The third-order valence-electron chi connectivity index (χ3n) is 5.68. The summed E-state index contributed by atoms with van der Waals surface area (Å²) < 4.78 is 7.15. The Balaban J connectivity index is 0.00000289. The number of carbonyl (C=O) groups is 1. The summed E-state index contributed by atoms with van der Waals surface area (Å²) in [5.41, 5.74) is 1.12. The zero-order valence-corrected chi connectivity index (χ0v) is 18.8. The van der Waals surface area contributed by atoms with Gasteiger partial charge in [-0.25, -0.2) is 4.98 Å². The van der Waals surface area contributed by atoms with Gasteiger partial charge in [-0.2, -0.15) is 5.26 Å². The Morgan fingerprint density at radius 3 is 2.59 bits per heavy atom. The number of hydrogen-bond acceptors (Lipinski definition) is 6. The van der Waals surface area contributed by atoms with E-state index in [0.29, 0.717) is 23.6 Å².